The highest BCUT2D eigenvalue weighted by Gasteiger charge is 2.07. The lowest BCUT2D eigenvalue weighted by Crippen LogP contribution is -2.24. The molecule has 0 aromatic heterocycles. The highest BCUT2D eigenvalue weighted by Crippen LogP contribution is 2.21. The van der Waals surface area contributed by atoms with E-state index in [2.05, 4.69) is 31.2 Å². The first kappa shape index (κ1) is 11.9. The third kappa shape index (κ3) is 3.21. The predicted molar refractivity (Wildman–Crippen MR) is 72.3 cm³/mol. The second kappa shape index (κ2) is 5.19. The van der Waals surface area contributed by atoms with Gasteiger partial charge in [-0.25, -0.2) is 0 Å². The number of nitrogens with two attached hydrogens (primary N) is 1. The summed E-state index contributed by atoms with van der Waals surface area (Å²) >= 11 is 0. The Morgan fingerprint density at radius 2 is 1.76 bits per heavy atom. The minimum Gasteiger partial charge on any atom is -0.491 e. The summed E-state index contributed by atoms with van der Waals surface area (Å²) in [6.45, 7) is 4.05. The van der Waals surface area contributed by atoms with E-state index in [4.69, 9.17) is 10.5 Å². The van der Waals surface area contributed by atoms with Gasteiger partial charge in [0.15, 0.2) is 0 Å². The van der Waals surface area contributed by atoms with Gasteiger partial charge in [-0.3, -0.25) is 0 Å². The summed E-state index contributed by atoms with van der Waals surface area (Å²) in [6.07, 6.45) is 1.02. The van der Waals surface area contributed by atoms with Gasteiger partial charge in [0.1, 0.15) is 5.75 Å². The molecule has 0 spiro atoms. The van der Waals surface area contributed by atoms with Crippen molar-refractivity contribution in [3.8, 4) is 5.75 Å². The fourth-order valence-electron chi connectivity index (χ4n) is 2.04. The molecule has 2 heteroatoms. The van der Waals surface area contributed by atoms with Gasteiger partial charge in [0.2, 0.25) is 0 Å². The van der Waals surface area contributed by atoms with E-state index in [1.807, 2.05) is 25.1 Å². The van der Waals surface area contributed by atoms with Crippen LogP contribution in [0.4, 0.5) is 0 Å². The Morgan fingerprint density at radius 3 is 2.47 bits per heavy atom. The Kier molecular flexibility index (Phi) is 3.64. The first-order valence-corrected chi connectivity index (χ1v) is 6.06. The molecular formula is C15H19NO. The van der Waals surface area contributed by atoms with Gasteiger partial charge in [0.25, 0.3) is 0 Å². The number of fused-ring (bicyclic) bond motifs is 1. The molecule has 2 nitrogen and oxygen atoms in total. The molecule has 90 valence electrons. The summed E-state index contributed by atoms with van der Waals surface area (Å²) in [7, 11) is 0. The zero-order chi connectivity index (χ0) is 12.3. The van der Waals surface area contributed by atoms with Crippen LogP contribution < -0.4 is 10.5 Å². The quantitative estimate of drug-likeness (QED) is 0.872. The van der Waals surface area contributed by atoms with Gasteiger partial charge in [0, 0.05) is 6.04 Å². The molecule has 2 aromatic rings. The summed E-state index contributed by atoms with van der Waals surface area (Å²) < 4.78 is 5.85. The summed E-state index contributed by atoms with van der Waals surface area (Å²) in [4.78, 5) is 0. The van der Waals surface area contributed by atoms with Crippen LogP contribution in [0.25, 0.3) is 10.8 Å². The maximum atomic E-state index is 5.85. The molecule has 2 aromatic carbocycles. The van der Waals surface area contributed by atoms with E-state index < -0.39 is 0 Å². The van der Waals surface area contributed by atoms with Gasteiger partial charge in [-0.15, -0.1) is 0 Å². The molecule has 17 heavy (non-hydrogen) atoms. The summed E-state index contributed by atoms with van der Waals surface area (Å²) in [5.41, 5.74) is 5.76. The van der Waals surface area contributed by atoms with Gasteiger partial charge < -0.3 is 10.5 Å². The first-order chi connectivity index (χ1) is 8.15. The molecule has 2 rings (SSSR count). The van der Waals surface area contributed by atoms with Crippen LogP contribution in [0.2, 0.25) is 0 Å². The Hall–Kier alpha value is -1.54. The normalized spacial score (nSPS) is 14.5. The van der Waals surface area contributed by atoms with E-state index in [-0.39, 0.29) is 12.1 Å². The summed E-state index contributed by atoms with van der Waals surface area (Å²) in [5, 5.41) is 2.44. The zero-order valence-electron chi connectivity index (χ0n) is 10.4. The number of hydrogen-bond donors (Lipinski definition) is 1. The monoisotopic (exact) mass is 229 g/mol. The third-order valence-electron chi connectivity index (χ3n) is 2.76. The number of rotatable bonds is 4. The van der Waals surface area contributed by atoms with Crippen molar-refractivity contribution in [3.05, 3.63) is 42.5 Å². The molecule has 0 aliphatic rings. The third-order valence-corrected chi connectivity index (χ3v) is 2.76. The van der Waals surface area contributed by atoms with Crippen LogP contribution in [0.5, 0.6) is 5.75 Å². The topological polar surface area (TPSA) is 35.2 Å². The molecule has 0 heterocycles. The second-order valence-corrected chi connectivity index (χ2v) is 4.65. The maximum Gasteiger partial charge on any atom is 0.120 e. The van der Waals surface area contributed by atoms with Crippen molar-refractivity contribution in [2.45, 2.75) is 32.4 Å². The van der Waals surface area contributed by atoms with E-state index in [1.165, 1.54) is 10.8 Å². The minimum atomic E-state index is 0.149. The number of benzene rings is 2. The maximum absolute atomic E-state index is 5.85. The largest absolute Gasteiger partial charge is 0.491 e. The minimum absolute atomic E-state index is 0.149. The molecule has 0 aliphatic carbocycles. The lowest BCUT2D eigenvalue weighted by atomic mass is 10.1. The van der Waals surface area contributed by atoms with Crippen LogP contribution in [-0.4, -0.2) is 12.1 Å². The lowest BCUT2D eigenvalue weighted by molar-refractivity contribution is 0.203. The lowest BCUT2D eigenvalue weighted by Gasteiger charge is -2.16. The van der Waals surface area contributed by atoms with E-state index in [0.717, 1.165) is 12.2 Å². The SMILES string of the molecule is CC(N)CC(C)Oc1ccc2ccccc2c1. The molecule has 0 fully saturated rings. The second-order valence-electron chi connectivity index (χ2n) is 4.65. The Bertz CT molecular complexity index is 493. The first-order valence-electron chi connectivity index (χ1n) is 6.06. The molecule has 0 saturated heterocycles. The average Bonchev–Trinajstić information content (AvgIpc) is 2.27. The van der Waals surface area contributed by atoms with E-state index >= 15 is 0 Å². The van der Waals surface area contributed by atoms with E-state index in [0.29, 0.717) is 0 Å². The smallest absolute Gasteiger partial charge is 0.120 e. The molecule has 0 saturated carbocycles. The summed E-state index contributed by atoms with van der Waals surface area (Å²) in [5.74, 6) is 0.914. The van der Waals surface area contributed by atoms with Crippen molar-refractivity contribution in [1.82, 2.24) is 0 Å². The van der Waals surface area contributed by atoms with Crippen LogP contribution >= 0.6 is 0 Å². The van der Waals surface area contributed by atoms with Gasteiger partial charge in [-0.2, -0.15) is 0 Å². The van der Waals surface area contributed by atoms with Gasteiger partial charge in [-0.1, -0.05) is 30.3 Å². The average molecular weight is 229 g/mol. The Balaban J connectivity index is 2.14. The molecule has 2 atom stereocenters. The molecule has 0 radical (unpaired) electrons. The highest BCUT2D eigenvalue weighted by molar-refractivity contribution is 5.83. The molecule has 0 amide bonds. The van der Waals surface area contributed by atoms with Gasteiger partial charge >= 0.3 is 0 Å². The fraction of sp³-hybridized carbons (Fsp3) is 0.333. The van der Waals surface area contributed by atoms with Crippen molar-refractivity contribution in [2.75, 3.05) is 0 Å². The van der Waals surface area contributed by atoms with Gasteiger partial charge in [-0.05, 0) is 43.2 Å². The van der Waals surface area contributed by atoms with Crippen LogP contribution in [0, 0.1) is 0 Å². The van der Waals surface area contributed by atoms with Crippen LogP contribution in [-0.2, 0) is 0 Å². The molecule has 2 N–H and O–H groups in total. The summed E-state index contributed by atoms with van der Waals surface area (Å²) in [6, 6.07) is 14.6. The van der Waals surface area contributed by atoms with Crippen LogP contribution in [0.1, 0.15) is 20.3 Å². The molecule has 2 unspecified atom stereocenters. The fourth-order valence-corrected chi connectivity index (χ4v) is 2.04. The van der Waals surface area contributed by atoms with E-state index in [9.17, 15) is 0 Å². The van der Waals surface area contributed by atoms with Crippen molar-refractivity contribution >= 4 is 10.8 Å². The standard InChI is InChI=1S/C15H19NO/c1-11(16)9-12(2)17-15-8-7-13-5-3-4-6-14(13)10-15/h3-8,10-12H,9,16H2,1-2H3. The molecule has 0 bridgehead atoms. The zero-order valence-corrected chi connectivity index (χ0v) is 10.4. The Labute approximate surface area is 102 Å². The molecule has 0 aliphatic heterocycles. The number of hydrogen-bond acceptors (Lipinski definition) is 2. The predicted octanol–water partition coefficient (Wildman–Crippen LogP) is 3.34. The van der Waals surface area contributed by atoms with Crippen molar-refractivity contribution in [3.63, 3.8) is 0 Å². The van der Waals surface area contributed by atoms with Crippen LogP contribution in [0.15, 0.2) is 42.5 Å². The van der Waals surface area contributed by atoms with E-state index in [1.54, 1.807) is 0 Å². The van der Waals surface area contributed by atoms with Crippen molar-refractivity contribution in [2.24, 2.45) is 5.73 Å². The van der Waals surface area contributed by atoms with Crippen LogP contribution in [0.3, 0.4) is 0 Å². The van der Waals surface area contributed by atoms with Crippen molar-refractivity contribution in [1.29, 1.82) is 0 Å². The number of ether oxygens (including phenoxy) is 1. The highest BCUT2D eigenvalue weighted by atomic mass is 16.5. The van der Waals surface area contributed by atoms with Gasteiger partial charge in [0.05, 0.1) is 6.10 Å². The Morgan fingerprint density at radius 1 is 1.06 bits per heavy atom. The van der Waals surface area contributed by atoms with Crippen molar-refractivity contribution < 1.29 is 4.74 Å². The molecular weight excluding hydrogens is 210 g/mol.